The van der Waals surface area contributed by atoms with Crippen LogP contribution >= 0.6 is 0 Å². The molecule has 2 heterocycles. The third kappa shape index (κ3) is 4.58. The smallest absolute Gasteiger partial charge is 0.286 e. The second-order valence-electron chi connectivity index (χ2n) is 5.76. The van der Waals surface area contributed by atoms with Gasteiger partial charge < -0.3 is 9.88 Å². The van der Waals surface area contributed by atoms with Crippen LogP contribution < -0.4 is 5.32 Å². The third-order valence-corrected chi connectivity index (χ3v) is 3.52. The summed E-state index contributed by atoms with van der Waals surface area (Å²) in [4.78, 5) is 19.8. The van der Waals surface area contributed by atoms with Gasteiger partial charge in [0.2, 0.25) is 0 Å². The van der Waals surface area contributed by atoms with Crippen LogP contribution in [0.4, 0.5) is 8.78 Å². The molecule has 0 aromatic carbocycles. The van der Waals surface area contributed by atoms with E-state index in [1.54, 1.807) is 6.20 Å². The van der Waals surface area contributed by atoms with Gasteiger partial charge in [-0.1, -0.05) is 6.92 Å². The first kappa shape index (κ1) is 17.1. The van der Waals surface area contributed by atoms with Crippen molar-refractivity contribution in [1.82, 2.24) is 19.9 Å². The van der Waals surface area contributed by atoms with Crippen molar-refractivity contribution in [1.29, 1.82) is 0 Å². The summed E-state index contributed by atoms with van der Waals surface area (Å²) in [7, 11) is 0. The Hall–Kier alpha value is -2.31. The van der Waals surface area contributed by atoms with E-state index in [2.05, 4.69) is 15.3 Å². The monoisotopic (exact) mass is 322 g/mol. The van der Waals surface area contributed by atoms with Gasteiger partial charge in [-0.3, -0.25) is 9.78 Å². The van der Waals surface area contributed by atoms with Gasteiger partial charge in [0.1, 0.15) is 11.5 Å². The van der Waals surface area contributed by atoms with Crippen LogP contribution in [0.5, 0.6) is 0 Å². The minimum absolute atomic E-state index is 0.207. The van der Waals surface area contributed by atoms with Crippen LogP contribution in [0, 0.1) is 12.8 Å². The molecule has 7 heteroatoms. The van der Waals surface area contributed by atoms with Gasteiger partial charge in [0.05, 0.1) is 5.56 Å². The van der Waals surface area contributed by atoms with Crippen LogP contribution in [-0.2, 0) is 12.5 Å². The summed E-state index contributed by atoms with van der Waals surface area (Å²) in [6, 6.07) is 2.53. The van der Waals surface area contributed by atoms with Crippen LogP contribution in [-0.4, -0.2) is 27.0 Å². The maximum absolute atomic E-state index is 13.1. The predicted molar refractivity (Wildman–Crippen MR) is 82.3 cm³/mol. The molecule has 0 aliphatic rings. The minimum Gasteiger partial charge on any atom is -0.352 e. The maximum atomic E-state index is 13.1. The van der Waals surface area contributed by atoms with E-state index in [4.69, 9.17) is 0 Å². The Bertz CT molecular complexity index is 661. The van der Waals surface area contributed by atoms with Crippen molar-refractivity contribution in [3.8, 4) is 0 Å². The van der Waals surface area contributed by atoms with E-state index in [-0.39, 0.29) is 23.1 Å². The Morgan fingerprint density at radius 1 is 1.39 bits per heavy atom. The molecule has 1 N–H and O–H groups in total. The summed E-state index contributed by atoms with van der Waals surface area (Å²) in [6.45, 7) is 5.92. The molecule has 2 aromatic rings. The normalized spacial score (nSPS) is 12.9. The molecule has 0 saturated heterocycles. The highest BCUT2D eigenvalue weighted by atomic mass is 19.3. The maximum Gasteiger partial charge on any atom is 0.286 e. The van der Waals surface area contributed by atoms with Crippen molar-refractivity contribution in [3.05, 3.63) is 47.8 Å². The molecule has 1 unspecified atom stereocenters. The Balaban J connectivity index is 1.88. The van der Waals surface area contributed by atoms with Gasteiger partial charge in [-0.05, 0) is 25.0 Å². The van der Waals surface area contributed by atoms with Crippen LogP contribution in [0.3, 0.4) is 0 Å². The van der Waals surface area contributed by atoms with Crippen molar-refractivity contribution in [2.45, 2.75) is 33.2 Å². The van der Waals surface area contributed by atoms with Crippen molar-refractivity contribution >= 4 is 5.91 Å². The number of imidazole rings is 1. The van der Waals surface area contributed by atoms with E-state index in [1.807, 2.05) is 24.6 Å². The SMILES string of the molecule is Cc1nccn1CC(C)CNC(=O)c1ccc(C(C)(F)F)nc1. The number of amides is 1. The molecule has 0 aliphatic carbocycles. The molecule has 1 amide bonds. The first-order valence-corrected chi connectivity index (χ1v) is 7.37. The number of nitrogens with zero attached hydrogens (tertiary/aromatic N) is 3. The predicted octanol–water partition coefficient (Wildman–Crippen LogP) is 2.76. The fraction of sp³-hybridized carbons (Fsp3) is 0.438. The molecule has 0 radical (unpaired) electrons. The second-order valence-corrected chi connectivity index (χ2v) is 5.76. The van der Waals surface area contributed by atoms with Gasteiger partial charge >= 0.3 is 0 Å². The number of pyridine rings is 1. The number of alkyl halides is 2. The molecule has 0 aliphatic heterocycles. The van der Waals surface area contributed by atoms with Gasteiger partial charge in [-0.15, -0.1) is 0 Å². The molecule has 2 aromatic heterocycles. The molecule has 0 fully saturated rings. The molecule has 2 rings (SSSR count). The van der Waals surface area contributed by atoms with Gasteiger partial charge in [-0.25, -0.2) is 4.98 Å². The standard InChI is InChI=1S/C16H20F2N4O/c1-11(10-22-7-6-19-12(22)2)8-21-15(23)13-4-5-14(20-9-13)16(3,17)18/h4-7,9,11H,8,10H2,1-3H3,(H,21,23). The number of aryl methyl sites for hydroxylation is 1. The lowest BCUT2D eigenvalue weighted by Gasteiger charge is -2.15. The molecular formula is C16H20F2N4O. The van der Waals surface area contributed by atoms with E-state index in [9.17, 15) is 13.6 Å². The highest BCUT2D eigenvalue weighted by Crippen LogP contribution is 2.24. The van der Waals surface area contributed by atoms with Gasteiger partial charge in [0, 0.05) is 38.6 Å². The van der Waals surface area contributed by atoms with Crippen LogP contribution in [0.25, 0.3) is 0 Å². The number of halogens is 2. The number of carbonyl (C=O) groups excluding carboxylic acids is 1. The quantitative estimate of drug-likeness (QED) is 0.889. The summed E-state index contributed by atoms with van der Waals surface area (Å²) in [5.41, 5.74) is -0.0815. The first-order valence-electron chi connectivity index (χ1n) is 7.37. The summed E-state index contributed by atoms with van der Waals surface area (Å²) in [5.74, 6) is -2.20. The number of aromatic nitrogens is 3. The molecule has 1 atom stereocenters. The minimum atomic E-state index is -3.01. The number of rotatable bonds is 6. The third-order valence-electron chi connectivity index (χ3n) is 3.52. The van der Waals surface area contributed by atoms with Gasteiger partial charge in [-0.2, -0.15) is 8.78 Å². The average molecular weight is 322 g/mol. The highest BCUT2D eigenvalue weighted by molar-refractivity contribution is 5.93. The molecule has 0 spiro atoms. The zero-order valence-electron chi connectivity index (χ0n) is 13.4. The van der Waals surface area contributed by atoms with Crippen molar-refractivity contribution in [2.24, 2.45) is 5.92 Å². The van der Waals surface area contributed by atoms with E-state index >= 15 is 0 Å². The molecule has 124 valence electrons. The van der Waals surface area contributed by atoms with Crippen LogP contribution in [0.1, 0.15) is 35.7 Å². The van der Waals surface area contributed by atoms with E-state index in [1.165, 1.54) is 18.3 Å². The lowest BCUT2D eigenvalue weighted by Crippen LogP contribution is -2.30. The largest absolute Gasteiger partial charge is 0.352 e. The summed E-state index contributed by atoms with van der Waals surface area (Å²) >= 11 is 0. The van der Waals surface area contributed by atoms with Crippen molar-refractivity contribution in [3.63, 3.8) is 0 Å². The molecular weight excluding hydrogens is 302 g/mol. The molecule has 5 nitrogen and oxygen atoms in total. The first-order chi connectivity index (χ1) is 10.8. The Kier molecular flexibility index (Phi) is 5.08. The van der Waals surface area contributed by atoms with Crippen molar-refractivity contribution in [2.75, 3.05) is 6.54 Å². The molecule has 0 saturated carbocycles. The fourth-order valence-electron chi connectivity index (χ4n) is 2.15. The average Bonchev–Trinajstić information content (AvgIpc) is 2.89. The van der Waals surface area contributed by atoms with Gasteiger partial charge in [0.15, 0.2) is 0 Å². The van der Waals surface area contributed by atoms with Crippen molar-refractivity contribution < 1.29 is 13.6 Å². The number of hydrogen-bond donors (Lipinski definition) is 1. The lowest BCUT2D eigenvalue weighted by molar-refractivity contribution is 0.0127. The van der Waals surface area contributed by atoms with E-state index in [0.29, 0.717) is 6.54 Å². The molecule has 0 bridgehead atoms. The number of hydrogen-bond acceptors (Lipinski definition) is 3. The van der Waals surface area contributed by atoms with E-state index in [0.717, 1.165) is 19.3 Å². The Labute approximate surface area is 133 Å². The summed E-state index contributed by atoms with van der Waals surface area (Å²) in [6.07, 6.45) is 4.80. The zero-order valence-corrected chi connectivity index (χ0v) is 13.4. The van der Waals surface area contributed by atoms with Crippen LogP contribution in [0.15, 0.2) is 30.7 Å². The lowest BCUT2D eigenvalue weighted by atomic mass is 10.1. The fourth-order valence-corrected chi connectivity index (χ4v) is 2.15. The highest BCUT2D eigenvalue weighted by Gasteiger charge is 2.26. The van der Waals surface area contributed by atoms with Crippen LogP contribution in [0.2, 0.25) is 0 Å². The number of carbonyl (C=O) groups is 1. The summed E-state index contributed by atoms with van der Waals surface area (Å²) in [5, 5.41) is 2.79. The Morgan fingerprint density at radius 3 is 2.65 bits per heavy atom. The summed E-state index contributed by atoms with van der Waals surface area (Å²) < 4.78 is 28.2. The van der Waals surface area contributed by atoms with E-state index < -0.39 is 5.92 Å². The zero-order chi connectivity index (χ0) is 17.0. The number of nitrogens with one attached hydrogen (secondary N) is 1. The van der Waals surface area contributed by atoms with Gasteiger partial charge in [0.25, 0.3) is 11.8 Å². The Morgan fingerprint density at radius 2 is 2.13 bits per heavy atom. The topological polar surface area (TPSA) is 59.8 Å². The second kappa shape index (κ2) is 6.85. The molecule has 23 heavy (non-hydrogen) atoms.